The molecule has 0 bridgehead atoms. The summed E-state index contributed by atoms with van der Waals surface area (Å²) in [6.45, 7) is 3.02. The van der Waals surface area contributed by atoms with Crippen LogP contribution in [-0.4, -0.2) is 61.1 Å². The fourth-order valence-electron chi connectivity index (χ4n) is 3.89. The lowest BCUT2D eigenvalue weighted by atomic mass is 9.91. The Hall–Kier alpha value is -3.26. The number of pyridine rings is 2. The Labute approximate surface area is 174 Å². The number of aromatic nitrogens is 3. The number of hydrogen-bond donors (Lipinski definition) is 2. The van der Waals surface area contributed by atoms with Crippen molar-refractivity contribution in [3.8, 4) is 0 Å². The van der Waals surface area contributed by atoms with Crippen LogP contribution in [-0.2, 0) is 11.3 Å². The van der Waals surface area contributed by atoms with Gasteiger partial charge in [0.05, 0.1) is 28.7 Å². The number of fused-ring (bicyclic) bond motifs is 1. The molecule has 156 valence electrons. The van der Waals surface area contributed by atoms with E-state index in [-0.39, 0.29) is 11.8 Å². The monoisotopic (exact) mass is 407 g/mol. The molecule has 3 aromatic rings. The fourth-order valence-corrected chi connectivity index (χ4v) is 3.89. The van der Waals surface area contributed by atoms with Crippen molar-refractivity contribution >= 4 is 22.8 Å². The first-order valence-electron chi connectivity index (χ1n) is 10.1. The van der Waals surface area contributed by atoms with Crippen LogP contribution in [0, 0.1) is 0 Å². The lowest BCUT2D eigenvalue weighted by Gasteiger charge is -2.39. The summed E-state index contributed by atoms with van der Waals surface area (Å²) in [4.78, 5) is 35.0. The molecule has 8 heteroatoms. The average Bonchev–Trinajstić information content (AvgIpc) is 3.16. The van der Waals surface area contributed by atoms with Gasteiger partial charge >= 0.3 is 0 Å². The van der Waals surface area contributed by atoms with Gasteiger partial charge in [-0.25, -0.2) is 0 Å². The van der Waals surface area contributed by atoms with Gasteiger partial charge in [0, 0.05) is 37.9 Å². The number of nitrogens with zero attached hydrogens (tertiary/aromatic N) is 4. The Kier molecular flexibility index (Phi) is 5.50. The second-order valence-electron chi connectivity index (χ2n) is 7.84. The largest absolute Gasteiger partial charge is 0.388 e. The van der Waals surface area contributed by atoms with Crippen molar-refractivity contribution in [2.45, 2.75) is 38.0 Å². The molecular formula is C22H25N5O3. The first-order valence-corrected chi connectivity index (χ1v) is 10.1. The summed E-state index contributed by atoms with van der Waals surface area (Å²) in [5, 5.41) is 13.8. The lowest BCUT2D eigenvalue weighted by molar-refractivity contribution is -0.137. The summed E-state index contributed by atoms with van der Waals surface area (Å²) in [5.41, 5.74) is 1.41. The van der Waals surface area contributed by atoms with Gasteiger partial charge in [0.15, 0.2) is 0 Å². The molecular weight excluding hydrogens is 382 g/mol. The van der Waals surface area contributed by atoms with E-state index < -0.39 is 11.6 Å². The molecule has 1 saturated heterocycles. The van der Waals surface area contributed by atoms with E-state index in [4.69, 9.17) is 0 Å². The number of piperidine rings is 1. The molecule has 4 rings (SSSR count). The number of nitrogens with one attached hydrogen (secondary N) is 1. The maximum absolute atomic E-state index is 12.8. The topological polar surface area (TPSA) is 100 Å². The molecule has 0 aromatic carbocycles. The second-order valence-corrected chi connectivity index (χ2v) is 7.84. The molecule has 2 N–H and O–H groups in total. The Balaban J connectivity index is 1.34. The Morgan fingerprint density at radius 2 is 1.97 bits per heavy atom. The Morgan fingerprint density at radius 1 is 1.20 bits per heavy atom. The van der Waals surface area contributed by atoms with Gasteiger partial charge < -0.3 is 19.9 Å². The third kappa shape index (κ3) is 4.18. The summed E-state index contributed by atoms with van der Waals surface area (Å²) < 4.78 is 2.01. The van der Waals surface area contributed by atoms with E-state index in [1.165, 1.54) is 6.20 Å². The van der Waals surface area contributed by atoms with Gasteiger partial charge in [-0.1, -0.05) is 0 Å². The number of aliphatic hydroxyl groups is 1. The highest BCUT2D eigenvalue weighted by Crippen LogP contribution is 2.26. The van der Waals surface area contributed by atoms with Gasteiger partial charge in [0.2, 0.25) is 5.91 Å². The van der Waals surface area contributed by atoms with Gasteiger partial charge in [0.1, 0.15) is 6.04 Å². The highest BCUT2D eigenvalue weighted by atomic mass is 16.3. The van der Waals surface area contributed by atoms with Crippen LogP contribution < -0.4 is 5.32 Å². The van der Waals surface area contributed by atoms with Crippen LogP contribution >= 0.6 is 0 Å². The van der Waals surface area contributed by atoms with E-state index in [1.54, 1.807) is 36.4 Å². The maximum atomic E-state index is 12.8. The van der Waals surface area contributed by atoms with Crippen LogP contribution in [0.4, 0.5) is 0 Å². The molecule has 0 saturated carbocycles. The molecule has 1 fully saturated rings. The van der Waals surface area contributed by atoms with Crippen molar-refractivity contribution < 1.29 is 14.7 Å². The van der Waals surface area contributed by atoms with Crippen LogP contribution in [0.3, 0.4) is 0 Å². The SMILES string of the molecule is C[C@@H](NC(=O)c1cccnc1)C(=O)N1CCC(O)(Cn2ccc3ncccc32)CC1. The molecule has 1 aliphatic rings. The second kappa shape index (κ2) is 8.23. The first kappa shape index (κ1) is 20.0. The van der Waals surface area contributed by atoms with Crippen LogP contribution in [0.5, 0.6) is 0 Å². The third-order valence-electron chi connectivity index (χ3n) is 5.65. The molecule has 1 aliphatic heterocycles. The maximum Gasteiger partial charge on any atom is 0.253 e. The summed E-state index contributed by atoms with van der Waals surface area (Å²) in [7, 11) is 0. The van der Waals surface area contributed by atoms with Crippen LogP contribution in [0.2, 0.25) is 0 Å². The molecule has 0 spiro atoms. The quantitative estimate of drug-likeness (QED) is 0.669. The fraction of sp³-hybridized carbons (Fsp3) is 0.364. The standard InChI is InChI=1S/C22H25N5O3/c1-16(25-20(28)17-4-2-9-23-14-17)21(29)26-12-7-22(30,8-13-26)15-27-11-6-18-19(27)5-3-10-24-18/h2-6,9-11,14,16,30H,7-8,12-13,15H2,1H3,(H,25,28)/t16-/m1/s1. The number of hydrogen-bond acceptors (Lipinski definition) is 5. The zero-order valence-corrected chi connectivity index (χ0v) is 16.9. The highest BCUT2D eigenvalue weighted by molar-refractivity contribution is 5.97. The molecule has 0 unspecified atom stereocenters. The highest BCUT2D eigenvalue weighted by Gasteiger charge is 2.35. The number of likely N-dealkylation sites (tertiary alicyclic amines) is 1. The van der Waals surface area contributed by atoms with Crippen molar-refractivity contribution in [3.05, 3.63) is 60.7 Å². The smallest absolute Gasteiger partial charge is 0.253 e. The van der Waals surface area contributed by atoms with Crippen molar-refractivity contribution in [3.63, 3.8) is 0 Å². The zero-order valence-electron chi connectivity index (χ0n) is 16.9. The summed E-state index contributed by atoms with van der Waals surface area (Å²) in [5.74, 6) is -0.476. The first-order chi connectivity index (χ1) is 14.5. The summed E-state index contributed by atoms with van der Waals surface area (Å²) >= 11 is 0. The van der Waals surface area contributed by atoms with Gasteiger partial charge in [0.25, 0.3) is 5.91 Å². The van der Waals surface area contributed by atoms with E-state index in [1.807, 2.05) is 29.0 Å². The number of amides is 2. The third-order valence-corrected chi connectivity index (χ3v) is 5.65. The minimum absolute atomic E-state index is 0.148. The van der Waals surface area contributed by atoms with Gasteiger partial charge in [-0.15, -0.1) is 0 Å². The van der Waals surface area contributed by atoms with E-state index in [9.17, 15) is 14.7 Å². The minimum Gasteiger partial charge on any atom is -0.388 e. The molecule has 1 atom stereocenters. The number of rotatable bonds is 5. The average molecular weight is 407 g/mol. The van der Waals surface area contributed by atoms with E-state index in [0.29, 0.717) is 38.0 Å². The molecule has 0 aliphatic carbocycles. The predicted octanol–water partition coefficient (Wildman–Crippen LogP) is 1.60. The van der Waals surface area contributed by atoms with E-state index in [2.05, 4.69) is 15.3 Å². The van der Waals surface area contributed by atoms with Crippen molar-refractivity contribution in [1.82, 2.24) is 24.8 Å². The zero-order chi connectivity index (χ0) is 21.1. The molecule has 2 amide bonds. The van der Waals surface area contributed by atoms with Gasteiger partial charge in [-0.3, -0.25) is 19.6 Å². The Bertz CT molecular complexity index is 1040. The molecule has 3 aromatic heterocycles. The number of carbonyl (C=O) groups is 2. The summed E-state index contributed by atoms with van der Waals surface area (Å²) in [6, 6.07) is 8.48. The van der Waals surface area contributed by atoms with Crippen molar-refractivity contribution in [2.75, 3.05) is 13.1 Å². The van der Waals surface area contributed by atoms with E-state index >= 15 is 0 Å². The Morgan fingerprint density at radius 3 is 2.70 bits per heavy atom. The van der Waals surface area contributed by atoms with E-state index in [0.717, 1.165) is 11.0 Å². The minimum atomic E-state index is -0.888. The molecule has 30 heavy (non-hydrogen) atoms. The lowest BCUT2D eigenvalue weighted by Crippen LogP contribution is -2.53. The predicted molar refractivity (Wildman–Crippen MR) is 112 cm³/mol. The van der Waals surface area contributed by atoms with Crippen LogP contribution in [0.1, 0.15) is 30.1 Å². The van der Waals surface area contributed by atoms with Gasteiger partial charge in [-0.05, 0) is 50.1 Å². The normalized spacial score (nSPS) is 16.9. The molecule has 0 radical (unpaired) electrons. The van der Waals surface area contributed by atoms with Crippen molar-refractivity contribution in [1.29, 1.82) is 0 Å². The molecule has 4 heterocycles. The summed E-state index contributed by atoms with van der Waals surface area (Å²) in [6.07, 6.45) is 7.69. The van der Waals surface area contributed by atoms with Crippen LogP contribution in [0.15, 0.2) is 55.1 Å². The molecule has 8 nitrogen and oxygen atoms in total. The number of carbonyl (C=O) groups excluding carboxylic acids is 2. The van der Waals surface area contributed by atoms with Gasteiger partial charge in [-0.2, -0.15) is 0 Å². The van der Waals surface area contributed by atoms with Crippen LogP contribution in [0.25, 0.3) is 11.0 Å². The van der Waals surface area contributed by atoms with Crippen molar-refractivity contribution in [2.24, 2.45) is 0 Å².